The van der Waals surface area contributed by atoms with Crippen LogP contribution in [0.1, 0.15) is 38.3 Å². The van der Waals surface area contributed by atoms with Gasteiger partial charge in [-0.3, -0.25) is 9.59 Å². The van der Waals surface area contributed by atoms with E-state index in [0.717, 1.165) is 18.8 Å². The van der Waals surface area contributed by atoms with Crippen LogP contribution in [0.5, 0.6) is 0 Å². The Labute approximate surface area is 164 Å². The van der Waals surface area contributed by atoms with Gasteiger partial charge in [-0.2, -0.15) is 13.2 Å². The van der Waals surface area contributed by atoms with Gasteiger partial charge in [0.15, 0.2) is 5.60 Å². The maximum Gasteiger partial charge on any atom is 0.433 e. The summed E-state index contributed by atoms with van der Waals surface area (Å²) in [6, 6.07) is 0.934. The van der Waals surface area contributed by atoms with Crippen LogP contribution in [0.4, 0.5) is 19.0 Å². The van der Waals surface area contributed by atoms with Gasteiger partial charge in [-0.1, -0.05) is 12.1 Å². The molecule has 29 heavy (non-hydrogen) atoms. The number of hydrogen-bond acceptors (Lipinski definition) is 7. The van der Waals surface area contributed by atoms with Crippen molar-refractivity contribution in [2.24, 2.45) is 5.16 Å². The summed E-state index contributed by atoms with van der Waals surface area (Å²) in [5.74, 6) is -0.0684. The van der Waals surface area contributed by atoms with Gasteiger partial charge in [0, 0.05) is 25.6 Å². The molecule has 0 radical (unpaired) electrons. The van der Waals surface area contributed by atoms with Gasteiger partial charge < -0.3 is 20.2 Å². The van der Waals surface area contributed by atoms with E-state index in [0.29, 0.717) is 44.6 Å². The molecule has 0 saturated carbocycles. The predicted octanol–water partition coefficient (Wildman–Crippen LogP) is 1.84. The van der Waals surface area contributed by atoms with Crippen molar-refractivity contribution >= 4 is 23.9 Å². The third-order valence-electron chi connectivity index (χ3n) is 4.44. The number of hydrogen-bond donors (Lipinski definition) is 2. The van der Waals surface area contributed by atoms with E-state index in [1.807, 2.05) is 6.92 Å². The number of carbonyl (C=O) groups is 2. The zero-order valence-corrected chi connectivity index (χ0v) is 15.8. The average Bonchev–Trinajstić information content (AvgIpc) is 3.09. The van der Waals surface area contributed by atoms with Crippen LogP contribution in [-0.4, -0.2) is 58.4 Å². The number of alkyl halides is 3. The molecule has 0 aliphatic carbocycles. The minimum Gasteiger partial charge on any atom is -0.483 e. The fourth-order valence-corrected chi connectivity index (χ4v) is 3.17. The highest BCUT2D eigenvalue weighted by Gasteiger charge is 2.45. The second-order valence-corrected chi connectivity index (χ2v) is 6.63. The SMILES string of the molecule is CCCNC(=O)C1=NOC2(CCCN(c3cc(C(F)(F)F)ncn3)C2)C1.O=CO. The molecule has 1 spiro atoms. The average molecular weight is 417 g/mol. The van der Waals surface area contributed by atoms with E-state index in [9.17, 15) is 18.0 Å². The molecule has 2 N–H and O–H groups in total. The van der Waals surface area contributed by atoms with Crippen molar-refractivity contribution in [2.45, 2.75) is 44.4 Å². The van der Waals surface area contributed by atoms with Gasteiger partial charge in [-0.25, -0.2) is 9.97 Å². The summed E-state index contributed by atoms with van der Waals surface area (Å²) in [5, 5.41) is 13.6. The summed E-state index contributed by atoms with van der Waals surface area (Å²) < 4.78 is 38.6. The highest BCUT2D eigenvalue weighted by Crippen LogP contribution is 2.36. The van der Waals surface area contributed by atoms with E-state index in [1.54, 1.807) is 4.90 Å². The molecule has 1 atom stereocenters. The molecule has 2 aliphatic heterocycles. The third-order valence-corrected chi connectivity index (χ3v) is 4.44. The number of carboxylic acid groups (broad SMARTS) is 1. The lowest BCUT2D eigenvalue weighted by atomic mass is 9.88. The summed E-state index contributed by atoms with van der Waals surface area (Å²) in [5.41, 5.74) is -1.37. The van der Waals surface area contributed by atoms with Crippen molar-refractivity contribution in [3.05, 3.63) is 18.1 Å². The third kappa shape index (κ3) is 5.78. The smallest absolute Gasteiger partial charge is 0.433 e. The molecule has 1 aromatic heterocycles. The van der Waals surface area contributed by atoms with Crippen LogP contribution in [0.25, 0.3) is 0 Å². The van der Waals surface area contributed by atoms with Gasteiger partial charge >= 0.3 is 6.18 Å². The van der Waals surface area contributed by atoms with Crippen molar-refractivity contribution in [3.63, 3.8) is 0 Å². The Morgan fingerprint density at radius 2 is 2.17 bits per heavy atom. The number of carbonyl (C=O) groups excluding carboxylic acids is 1. The first-order chi connectivity index (χ1) is 13.7. The van der Waals surface area contributed by atoms with Gasteiger partial charge in [-0.05, 0) is 19.3 Å². The summed E-state index contributed by atoms with van der Waals surface area (Å²) >= 11 is 0. The molecule has 9 nitrogen and oxygen atoms in total. The molecule has 0 bridgehead atoms. The van der Waals surface area contributed by atoms with Crippen molar-refractivity contribution in [1.29, 1.82) is 0 Å². The van der Waals surface area contributed by atoms with Crippen LogP contribution in [0, 0.1) is 0 Å². The number of piperidine rings is 1. The van der Waals surface area contributed by atoms with Gasteiger partial charge in [-0.15, -0.1) is 0 Å². The first-order valence-electron chi connectivity index (χ1n) is 9.00. The Morgan fingerprint density at radius 1 is 1.45 bits per heavy atom. The number of anilines is 1. The maximum atomic E-state index is 12.9. The Kier molecular flexibility index (Phi) is 7.35. The zero-order chi connectivity index (χ0) is 21.5. The first-order valence-corrected chi connectivity index (χ1v) is 9.00. The van der Waals surface area contributed by atoms with E-state index < -0.39 is 17.5 Å². The topological polar surface area (TPSA) is 117 Å². The van der Waals surface area contributed by atoms with Gasteiger partial charge in [0.1, 0.15) is 23.6 Å². The Bertz CT molecular complexity index is 759. The minimum absolute atomic E-state index is 0.193. The van der Waals surface area contributed by atoms with Crippen LogP contribution in [0.15, 0.2) is 17.5 Å². The van der Waals surface area contributed by atoms with E-state index >= 15 is 0 Å². The van der Waals surface area contributed by atoms with E-state index in [-0.39, 0.29) is 18.2 Å². The normalized spacial score (nSPS) is 21.0. The number of rotatable bonds is 4. The molecule has 1 fully saturated rings. The second kappa shape index (κ2) is 9.52. The van der Waals surface area contributed by atoms with Gasteiger partial charge in [0.2, 0.25) is 0 Å². The standard InChI is InChI=1S/C16H20F3N5O2.CH2O2/c1-2-5-20-14(25)11-8-15(26-23-11)4-3-6-24(9-15)13-7-12(16(17,18)19)21-10-22-13;2-1-3/h7,10H,2-6,8-9H2,1H3,(H,20,25);1H,(H,2,3). The summed E-state index contributed by atoms with van der Waals surface area (Å²) in [6.45, 7) is 3.12. The Balaban J connectivity index is 0.000000941. The molecule has 3 rings (SSSR count). The number of oxime groups is 1. The number of aromatic nitrogens is 2. The summed E-state index contributed by atoms with van der Waals surface area (Å²) in [6.07, 6.45) is -1.10. The molecular formula is C17H22F3N5O4. The Morgan fingerprint density at radius 3 is 2.83 bits per heavy atom. The zero-order valence-electron chi connectivity index (χ0n) is 15.8. The quantitative estimate of drug-likeness (QED) is 0.718. The molecule has 1 aromatic rings. The van der Waals surface area contributed by atoms with Crippen LogP contribution in [0.2, 0.25) is 0 Å². The fraction of sp³-hybridized carbons (Fsp3) is 0.588. The molecule has 12 heteroatoms. The largest absolute Gasteiger partial charge is 0.483 e. The molecule has 3 heterocycles. The lowest BCUT2D eigenvalue weighted by Gasteiger charge is -2.38. The number of amides is 1. The lowest BCUT2D eigenvalue weighted by Crippen LogP contribution is -2.49. The molecule has 0 aromatic carbocycles. The van der Waals surface area contributed by atoms with Crippen LogP contribution in [-0.2, 0) is 20.6 Å². The van der Waals surface area contributed by atoms with Crippen molar-refractivity contribution < 1.29 is 32.7 Å². The first kappa shape index (κ1) is 22.4. The van der Waals surface area contributed by atoms with Crippen LogP contribution < -0.4 is 10.2 Å². The molecule has 1 unspecified atom stereocenters. The van der Waals surface area contributed by atoms with Crippen LogP contribution >= 0.6 is 0 Å². The van der Waals surface area contributed by atoms with Crippen molar-refractivity contribution in [1.82, 2.24) is 15.3 Å². The number of halogens is 3. The van der Waals surface area contributed by atoms with Crippen LogP contribution in [0.3, 0.4) is 0 Å². The molecular weight excluding hydrogens is 395 g/mol. The Hall–Kier alpha value is -2.92. The van der Waals surface area contributed by atoms with Gasteiger partial charge in [0.25, 0.3) is 12.4 Å². The predicted molar refractivity (Wildman–Crippen MR) is 96.3 cm³/mol. The van der Waals surface area contributed by atoms with E-state index in [1.165, 1.54) is 0 Å². The minimum atomic E-state index is -4.53. The molecule has 2 aliphatic rings. The van der Waals surface area contributed by atoms with E-state index in [4.69, 9.17) is 14.7 Å². The summed E-state index contributed by atoms with van der Waals surface area (Å²) in [7, 11) is 0. The van der Waals surface area contributed by atoms with E-state index in [2.05, 4.69) is 20.4 Å². The highest BCUT2D eigenvalue weighted by atomic mass is 19.4. The highest BCUT2D eigenvalue weighted by molar-refractivity contribution is 6.39. The monoisotopic (exact) mass is 417 g/mol. The lowest BCUT2D eigenvalue weighted by molar-refractivity contribution is -0.141. The molecule has 1 saturated heterocycles. The maximum absolute atomic E-state index is 12.9. The number of nitrogens with one attached hydrogen (secondary N) is 1. The fourth-order valence-electron chi connectivity index (χ4n) is 3.17. The molecule has 1 amide bonds. The number of nitrogens with zero attached hydrogens (tertiary/aromatic N) is 4. The van der Waals surface area contributed by atoms with Gasteiger partial charge in [0.05, 0.1) is 6.54 Å². The summed E-state index contributed by atoms with van der Waals surface area (Å²) in [4.78, 5) is 35.0. The van der Waals surface area contributed by atoms with Crippen molar-refractivity contribution in [3.8, 4) is 0 Å². The molecule has 160 valence electrons. The van der Waals surface area contributed by atoms with Crippen molar-refractivity contribution in [2.75, 3.05) is 24.5 Å². The second-order valence-electron chi connectivity index (χ2n) is 6.63.